The molecule has 1 N–H and O–H groups in total. The molecule has 14 heavy (non-hydrogen) atoms. The molecule has 1 rings (SSSR count). The number of aryl methyl sites for hydroxylation is 1. The van der Waals surface area contributed by atoms with Gasteiger partial charge in [-0.25, -0.2) is 13.1 Å². The molecule has 0 saturated carbocycles. The van der Waals surface area contributed by atoms with E-state index in [9.17, 15) is 8.42 Å². The summed E-state index contributed by atoms with van der Waals surface area (Å²) in [5.74, 6) is 0.0267. The van der Waals surface area contributed by atoms with E-state index in [0.717, 1.165) is 0 Å². The first kappa shape index (κ1) is 11.5. The summed E-state index contributed by atoms with van der Waals surface area (Å²) >= 11 is 5.33. The van der Waals surface area contributed by atoms with Gasteiger partial charge in [-0.05, 0) is 6.07 Å². The minimum absolute atomic E-state index is 0.0681. The Bertz CT molecular complexity index is 387. The maximum absolute atomic E-state index is 11.2. The molecule has 0 atom stereocenters. The van der Waals surface area contributed by atoms with E-state index in [-0.39, 0.29) is 18.2 Å². The smallest absolute Gasteiger partial charge is 0.213 e. The third kappa shape index (κ3) is 3.65. The average Bonchev–Trinajstić information content (AvgIpc) is 2.48. The molecular weight excluding hydrogens is 226 g/mol. The molecule has 1 heterocycles. The van der Waals surface area contributed by atoms with Crippen LogP contribution in [0.2, 0.25) is 0 Å². The van der Waals surface area contributed by atoms with Crippen LogP contribution in [0.1, 0.15) is 5.69 Å². The van der Waals surface area contributed by atoms with Crippen LogP contribution in [0.5, 0.6) is 0 Å². The van der Waals surface area contributed by atoms with Crippen LogP contribution in [-0.4, -0.2) is 29.8 Å². The van der Waals surface area contributed by atoms with Crippen molar-refractivity contribution >= 4 is 21.6 Å². The summed E-state index contributed by atoms with van der Waals surface area (Å²) < 4.78 is 26.4. The van der Waals surface area contributed by atoms with Crippen molar-refractivity contribution < 1.29 is 8.42 Å². The van der Waals surface area contributed by atoms with Crippen LogP contribution in [0.4, 0.5) is 0 Å². The van der Waals surface area contributed by atoms with E-state index in [1.807, 2.05) is 0 Å². The SMILES string of the molecule is Cn1ccc(CNS(=O)(=O)CCCl)n1. The van der Waals surface area contributed by atoms with Gasteiger partial charge in [0.1, 0.15) is 0 Å². The second-order valence-corrected chi connectivity index (χ2v) is 5.11. The predicted octanol–water partition coefficient (Wildman–Crippen LogP) is 0.0783. The summed E-state index contributed by atoms with van der Waals surface area (Å²) in [6.45, 7) is 0.208. The maximum Gasteiger partial charge on any atom is 0.213 e. The Hall–Kier alpha value is -0.590. The normalized spacial score (nSPS) is 11.9. The van der Waals surface area contributed by atoms with Gasteiger partial charge < -0.3 is 0 Å². The first-order chi connectivity index (χ1) is 6.53. The monoisotopic (exact) mass is 237 g/mol. The zero-order valence-electron chi connectivity index (χ0n) is 7.77. The quantitative estimate of drug-likeness (QED) is 0.738. The average molecular weight is 238 g/mol. The molecule has 0 amide bonds. The number of halogens is 1. The van der Waals surface area contributed by atoms with Crippen LogP contribution in [0.3, 0.4) is 0 Å². The Balaban J connectivity index is 2.48. The molecule has 0 aliphatic heterocycles. The Morgan fingerprint density at radius 1 is 1.64 bits per heavy atom. The Morgan fingerprint density at radius 2 is 2.36 bits per heavy atom. The molecule has 7 heteroatoms. The molecule has 1 aromatic rings. The second-order valence-electron chi connectivity index (χ2n) is 2.81. The van der Waals surface area contributed by atoms with Crippen LogP contribution in [-0.2, 0) is 23.6 Å². The first-order valence-corrected chi connectivity index (χ1v) is 6.24. The number of hydrogen-bond donors (Lipinski definition) is 1. The Morgan fingerprint density at radius 3 is 2.86 bits per heavy atom. The molecule has 0 unspecified atom stereocenters. The summed E-state index contributed by atoms with van der Waals surface area (Å²) in [7, 11) is -1.48. The van der Waals surface area contributed by atoms with Crippen molar-refractivity contribution in [3.05, 3.63) is 18.0 Å². The van der Waals surface area contributed by atoms with Crippen molar-refractivity contribution in [2.24, 2.45) is 7.05 Å². The van der Waals surface area contributed by atoms with Crippen molar-refractivity contribution in [2.45, 2.75) is 6.54 Å². The number of hydrogen-bond acceptors (Lipinski definition) is 3. The standard InChI is InChI=1S/C7H12ClN3O2S/c1-11-4-2-7(10-11)6-9-14(12,13)5-3-8/h2,4,9H,3,5-6H2,1H3. The molecule has 0 saturated heterocycles. The van der Waals surface area contributed by atoms with Gasteiger partial charge in [0, 0.05) is 19.1 Å². The van der Waals surface area contributed by atoms with Crippen molar-refractivity contribution in [2.75, 3.05) is 11.6 Å². The summed E-state index contributed by atoms with van der Waals surface area (Å²) in [4.78, 5) is 0. The highest BCUT2D eigenvalue weighted by Crippen LogP contribution is 1.95. The largest absolute Gasteiger partial charge is 0.276 e. The van der Waals surface area contributed by atoms with E-state index < -0.39 is 10.0 Å². The van der Waals surface area contributed by atoms with Gasteiger partial charge in [0.25, 0.3) is 0 Å². The highest BCUT2D eigenvalue weighted by atomic mass is 35.5. The van der Waals surface area contributed by atoms with Gasteiger partial charge in [0.05, 0.1) is 18.0 Å². The second kappa shape index (κ2) is 4.77. The minimum atomic E-state index is -3.25. The lowest BCUT2D eigenvalue weighted by atomic mass is 10.4. The Kier molecular flexibility index (Phi) is 3.91. The number of nitrogens with one attached hydrogen (secondary N) is 1. The third-order valence-corrected chi connectivity index (χ3v) is 3.33. The molecule has 1 aromatic heterocycles. The van der Waals surface area contributed by atoms with Gasteiger partial charge in [-0.15, -0.1) is 11.6 Å². The zero-order valence-corrected chi connectivity index (χ0v) is 9.35. The van der Waals surface area contributed by atoms with Gasteiger partial charge >= 0.3 is 0 Å². The van der Waals surface area contributed by atoms with Gasteiger partial charge in [-0.1, -0.05) is 0 Å². The van der Waals surface area contributed by atoms with E-state index in [1.54, 1.807) is 24.0 Å². The Labute approximate surface area is 88.1 Å². The van der Waals surface area contributed by atoms with Gasteiger partial charge in [-0.2, -0.15) is 5.10 Å². The highest BCUT2D eigenvalue weighted by molar-refractivity contribution is 7.89. The van der Waals surface area contributed by atoms with E-state index in [2.05, 4.69) is 9.82 Å². The molecule has 0 radical (unpaired) electrons. The van der Waals surface area contributed by atoms with Gasteiger partial charge in [0.15, 0.2) is 0 Å². The fraction of sp³-hybridized carbons (Fsp3) is 0.571. The molecular formula is C7H12ClN3O2S. The topological polar surface area (TPSA) is 64.0 Å². The van der Waals surface area contributed by atoms with E-state index in [0.29, 0.717) is 5.69 Å². The van der Waals surface area contributed by atoms with Crippen LogP contribution < -0.4 is 4.72 Å². The summed E-state index contributed by atoms with van der Waals surface area (Å²) in [5.41, 5.74) is 0.686. The van der Waals surface area contributed by atoms with Crippen molar-refractivity contribution in [3.8, 4) is 0 Å². The van der Waals surface area contributed by atoms with Crippen molar-refractivity contribution in [1.29, 1.82) is 0 Å². The number of rotatable bonds is 5. The van der Waals surface area contributed by atoms with Gasteiger partial charge in [0.2, 0.25) is 10.0 Å². The van der Waals surface area contributed by atoms with Crippen molar-refractivity contribution in [3.63, 3.8) is 0 Å². The lowest BCUT2D eigenvalue weighted by Gasteiger charge is -2.02. The lowest BCUT2D eigenvalue weighted by molar-refractivity contribution is 0.581. The number of alkyl halides is 1. The fourth-order valence-corrected chi connectivity index (χ4v) is 2.24. The summed E-state index contributed by atoms with van der Waals surface area (Å²) in [6, 6.07) is 1.75. The minimum Gasteiger partial charge on any atom is -0.276 e. The molecule has 0 spiro atoms. The summed E-state index contributed by atoms with van der Waals surface area (Å²) in [6.07, 6.45) is 1.76. The molecule has 80 valence electrons. The molecule has 0 fully saturated rings. The van der Waals surface area contributed by atoms with Crippen LogP contribution in [0.25, 0.3) is 0 Å². The van der Waals surface area contributed by atoms with Crippen LogP contribution >= 0.6 is 11.6 Å². The first-order valence-electron chi connectivity index (χ1n) is 4.05. The van der Waals surface area contributed by atoms with Crippen LogP contribution in [0, 0.1) is 0 Å². The number of sulfonamides is 1. The van der Waals surface area contributed by atoms with Crippen LogP contribution in [0.15, 0.2) is 12.3 Å². The zero-order chi connectivity index (χ0) is 10.6. The fourth-order valence-electron chi connectivity index (χ4n) is 0.915. The molecule has 0 aromatic carbocycles. The molecule has 0 bridgehead atoms. The molecule has 0 aliphatic carbocycles. The molecule has 0 aliphatic rings. The predicted molar refractivity (Wildman–Crippen MR) is 54.6 cm³/mol. The lowest BCUT2D eigenvalue weighted by Crippen LogP contribution is -2.26. The van der Waals surface area contributed by atoms with E-state index in [1.165, 1.54) is 0 Å². The number of aromatic nitrogens is 2. The third-order valence-electron chi connectivity index (χ3n) is 1.59. The summed E-state index contributed by atoms with van der Waals surface area (Å²) in [5, 5.41) is 4.03. The van der Waals surface area contributed by atoms with E-state index >= 15 is 0 Å². The highest BCUT2D eigenvalue weighted by Gasteiger charge is 2.09. The maximum atomic E-state index is 11.2. The van der Waals surface area contributed by atoms with Crippen molar-refractivity contribution in [1.82, 2.24) is 14.5 Å². The van der Waals surface area contributed by atoms with Gasteiger partial charge in [-0.3, -0.25) is 4.68 Å². The number of nitrogens with zero attached hydrogens (tertiary/aromatic N) is 2. The van der Waals surface area contributed by atoms with E-state index in [4.69, 9.17) is 11.6 Å². The molecule has 5 nitrogen and oxygen atoms in total.